The average Bonchev–Trinajstić information content (AvgIpc) is 2.36. The maximum absolute atomic E-state index is 12.7. The summed E-state index contributed by atoms with van der Waals surface area (Å²) in [5.74, 6) is 0.0946. The fraction of sp³-hybridized carbons (Fsp3) is 0.533. The van der Waals surface area contributed by atoms with E-state index in [1.807, 2.05) is 0 Å². The van der Waals surface area contributed by atoms with E-state index in [4.69, 9.17) is 5.73 Å². The van der Waals surface area contributed by atoms with Crippen LogP contribution in [0.5, 0.6) is 0 Å². The van der Waals surface area contributed by atoms with Crippen LogP contribution in [0.2, 0.25) is 0 Å². The van der Waals surface area contributed by atoms with E-state index < -0.39 is 17.6 Å². The predicted octanol–water partition coefficient (Wildman–Crippen LogP) is 3.84. The lowest BCUT2D eigenvalue weighted by molar-refractivity contribution is -0.136. The van der Waals surface area contributed by atoms with Gasteiger partial charge < -0.3 is 11.1 Å². The van der Waals surface area contributed by atoms with Gasteiger partial charge in [0, 0.05) is 17.8 Å². The Kier molecular flexibility index (Phi) is 6.05. The number of rotatable bonds is 6. The summed E-state index contributed by atoms with van der Waals surface area (Å²) in [6, 6.07) is 3.20. The highest BCUT2D eigenvalue weighted by Gasteiger charge is 2.33. The van der Waals surface area contributed by atoms with Gasteiger partial charge in [-0.25, -0.2) is 0 Å². The number of carbonyl (C=O) groups excluding carboxylic acids is 1. The van der Waals surface area contributed by atoms with Crippen LogP contribution < -0.4 is 11.1 Å². The number of nitrogens with one attached hydrogen (secondary N) is 1. The van der Waals surface area contributed by atoms with Crippen molar-refractivity contribution in [1.82, 2.24) is 5.32 Å². The van der Waals surface area contributed by atoms with Crippen LogP contribution in [-0.4, -0.2) is 12.5 Å². The molecule has 0 aliphatic carbocycles. The number of carbonyl (C=O) groups is 1. The van der Waals surface area contributed by atoms with E-state index in [1.54, 1.807) is 0 Å². The van der Waals surface area contributed by atoms with Crippen LogP contribution in [0.25, 0.3) is 0 Å². The lowest BCUT2D eigenvalue weighted by Gasteiger charge is -2.12. The van der Waals surface area contributed by atoms with E-state index in [2.05, 4.69) is 19.2 Å². The number of amides is 1. The molecular weight excluding hydrogens is 281 g/mol. The zero-order valence-electron chi connectivity index (χ0n) is 12.3. The van der Waals surface area contributed by atoms with Crippen molar-refractivity contribution in [1.29, 1.82) is 0 Å². The number of anilines is 1. The van der Waals surface area contributed by atoms with Crippen molar-refractivity contribution in [3.63, 3.8) is 0 Å². The van der Waals surface area contributed by atoms with Gasteiger partial charge in [-0.1, -0.05) is 26.7 Å². The van der Waals surface area contributed by atoms with Crippen LogP contribution >= 0.6 is 0 Å². The third-order valence-corrected chi connectivity index (χ3v) is 3.11. The second kappa shape index (κ2) is 7.33. The minimum absolute atomic E-state index is 0.0274. The molecule has 3 N–H and O–H groups in total. The largest absolute Gasteiger partial charge is 0.418 e. The van der Waals surface area contributed by atoms with Crippen molar-refractivity contribution in [2.45, 2.75) is 39.3 Å². The van der Waals surface area contributed by atoms with Crippen LogP contribution in [-0.2, 0) is 6.18 Å². The summed E-state index contributed by atoms with van der Waals surface area (Å²) in [4.78, 5) is 11.8. The molecule has 3 nitrogen and oxygen atoms in total. The van der Waals surface area contributed by atoms with Crippen molar-refractivity contribution in [3.8, 4) is 0 Å². The van der Waals surface area contributed by atoms with E-state index in [9.17, 15) is 18.0 Å². The third kappa shape index (κ3) is 5.65. The van der Waals surface area contributed by atoms with Gasteiger partial charge in [0.25, 0.3) is 5.91 Å². The van der Waals surface area contributed by atoms with Gasteiger partial charge in [0.1, 0.15) is 0 Å². The molecular formula is C15H21F3N2O. The Balaban J connectivity index is 2.59. The Morgan fingerprint density at radius 2 is 1.95 bits per heavy atom. The molecule has 1 rings (SSSR count). The maximum Gasteiger partial charge on any atom is 0.418 e. The SMILES string of the molecule is CC(C)CCCCNC(=O)c1ccc(N)c(C(F)(F)F)c1. The lowest BCUT2D eigenvalue weighted by atomic mass is 10.1. The van der Waals surface area contributed by atoms with Gasteiger partial charge in [0.15, 0.2) is 0 Å². The highest BCUT2D eigenvalue weighted by Crippen LogP contribution is 2.33. The summed E-state index contributed by atoms with van der Waals surface area (Å²) >= 11 is 0. The molecule has 0 aromatic heterocycles. The first-order valence-electron chi connectivity index (χ1n) is 6.96. The fourth-order valence-electron chi connectivity index (χ4n) is 1.92. The minimum atomic E-state index is -4.56. The number of alkyl halides is 3. The van der Waals surface area contributed by atoms with Gasteiger partial charge >= 0.3 is 6.18 Å². The van der Waals surface area contributed by atoms with Gasteiger partial charge in [0.05, 0.1) is 5.56 Å². The number of unbranched alkanes of at least 4 members (excludes halogenated alkanes) is 1. The molecule has 0 heterocycles. The Morgan fingerprint density at radius 1 is 1.29 bits per heavy atom. The third-order valence-electron chi connectivity index (χ3n) is 3.11. The summed E-state index contributed by atoms with van der Waals surface area (Å²) in [7, 11) is 0. The normalized spacial score (nSPS) is 11.7. The summed E-state index contributed by atoms with van der Waals surface area (Å²) < 4.78 is 38.1. The van der Waals surface area contributed by atoms with Gasteiger partial charge in [-0.15, -0.1) is 0 Å². The van der Waals surface area contributed by atoms with Crippen molar-refractivity contribution in [3.05, 3.63) is 29.3 Å². The molecule has 0 fully saturated rings. The number of benzene rings is 1. The Bertz CT molecular complexity index is 484. The monoisotopic (exact) mass is 302 g/mol. The maximum atomic E-state index is 12.7. The summed E-state index contributed by atoms with van der Waals surface area (Å²) in [6.45, 7) is 4.69. The molecule has 1 amide bonds. The van der Waals surface area contributed by atoms with Gasteiger partial charge in [-0.05, 0) is 30.5 Å². The van der Waals surface area contributed by atoms with Crippen molar-refractivity contribution < 1.29 is 18.0 Å². The molecule has 0 aliphatic heterocycles. The average molecular weight is 302 g/mol. The fourth-order valence-corrected chi connectivity index (χ4v) is 1.92. The number of nitrogens with two attached hydrogens (primary N) is 1. The highest BCUT2D eigenvalue weighted by atomic mass is 19.4. The second-order valence-corrected chi connectivity index (χ2v) is 5.45. The second-order valence-electron chi connectivity index (χ2n) is 5.45. The molecule has 0 atom stereocenters. The molecule has 1 aromatic rings. The van der Waals surface area contributed by atoms with Gasteiger partial charge in [-0.3, -0.25) is 4.79 Å². The van der Waals surface area contributed by atoms with E-state index in [-0.39, 0.29) is 11.3 Å². The molecule has 118 valence electrons. The number of hydrogen-bond donors (Lipinski definition) is 2. The predicted molar refractivity (Wildman–Crippen MR) is 76.9 cm³/mol. The summed E-state index contributed by atoms with van der Waals surface area (Å²) in [5, 5.41) is 2.62. The molecule has 0 saturated carbocycles. The molecule has 0 saturated heterocycles. The Labute approximate surface area is 122 Å². The number of halogens is 3. The zero-order valence-corrected chi connectivity index (χ0v) is 12.3. The van der Waals surface area contributed by atoms with E-state index in [0.717, 1.165) is 31.4 Å². The summed E-state index contributed by atoms with van der Waals surface area (Å²) in [5.41, 5.74) is 3.91. The Morgan fingerprint density at radius 3 is 2.52 bits per heavy atom. The minimum Gasteiger partial charge on any atom is -0.398 e. The van der Waals surface area contributed by atoms with E-state index in [1.165, 1.54) is 6.07 Å². The molecule has 0 unspecified atom stereocenters. The van der Waals surface area contributed by atoms with Crippen LogP contribution in [0.1, 0.15) is 49.0 Å². The molecule has 0 bridgehead atoms. The van der Waals surface area contributed by atoms with E-state index in [0.29, 0.717) is 12.5 Å². The summed E-state index contributed by atoms with van der Waals surface area (Å²) in [6.07, 6.45) is -1.70. The lowest BCUT2D eigenvalue weighted by Crippen LogP contribution is -2.25. The van der Waals surface area contributed by atoms with Crippen LogP contribution in [0, 0.1) is 5.92 Å². The van der Waals surface area contributed by atoms with Crippen LogP contribution in [0.4, 0.5) is 18.9 Å². The van der Waals surface area contributed by atoms with Crippen LogP contribution in [0.3, 0.4) is 0 Å². The van der Waals surface area contributed by atoms with Gasteiger partial charge in [-0.2, -0.15) is 13.2 Å². The van der Waals surface area contributed by atoms with Crippen LogP contribution in [0.15, 0.2) is 18.2 Å². The van der Waals surface area contributed by atoms with Crippen molar-refractivity contribution >= 4 is 11.6 Å². The molecule has 6 heteroatoms. The first-order valence-corrected chi connectivity index (χ1v) is 6.96. The Hall–Kier alpha value is -1.72. The van der Waals surface area contributed by atoms with Crippen molar-refractivity contribution in [2.75, 3.05) is 12.3 Å². The molecule has 1 aromatic carbocycles. The molecule has 21 heavy (non-hydrogen) atoms. The highest BCUT2D eigenvalue weighted by molar-refractivity contribution is 5.94. The quantitative estimate of drug-likeness (QED) is 0.619. The zero-order chi connectivity index (χ0) is 16.0. The standard InChI is InChI=1S/C15H21F3N2O/c1-10(2)5-3-4-8-20-14(21)11-6-7-13(19)12(9-11)15(16,17)18/h6-7,9-10H,3-5,8,19H2,1-2H3,(H,20,21). The molecule has 0 aliphatic rings. The smallest absolute Gasteiger partial charge is 0.398 e. The number of hydrogen-bond acceptors (Lipinski definition) is 2. The number of nitrogen functional groups attached to an aromatic ring is 1. The van der Waals surface area contributed by atoms with E-state index >= 15 is 0 Å². The molecule has 0 radical (unpaired) electrons. The van der Waals surface area contributed by atoms with Gasteiger partial charge in [0.2, 0.25) is 0 Å². The first-order chi connectivity index (χ1) is 9.71. The first kappa shape index (κ1) is 17.3. The topological polar surface area (TPSA) is 55.1 Å². The van der Waals surface area contributed by atoms with Crippen molar-refractivity contribution in [2.24, 2.45) is 5.92 Å². The molecule has 0 spiro atoms.